The summed E-state index contributed by atoms with van der Waals surface area (Å²) in [6.45, 7) is 3.41. The molecule has 0 atom stereocenters. The Bertz CT molecular complexity index is 372. The predicted octanol–water partition coefficient (Wildman–Crippen LogP) is 1.42. The third-order valence-corrected chi connectivity index (χ3v) is 1.58. The van der Waals surface area contributed by atoms with Crippen molar-refractivity contribution < 1.29 is 23.7 Å². The third-order valence-electron chi connectivity index (χ3n) is 1.58. The zero-order valence-corrected chi connectivity index (χ0v) is 10.1. The van der Waals surface area contributed by atoms with E-state index in [9.17, 15) is 4.79 Å². The molecule has 0 aromatic carbocycles. The van der Waals surface area contributed by atoms with Gasteiger partial charge < -0.3 is 18.9 Å². The molecule has 1 heterocycles. The van der Waals surface area contributed by atoms with Crippen LogP contribution < -0.4 is 14.2 Å². The molecule has 0 aliphatic rings. The second kappa shape index (κ2) is 5.88. The van der Waals surface area contributed by atoms with Crippen LogP contribution in [0.2, 0.25) is 0 Å². The Morgan fingerprint density at radius 2 is 1.71 bits per heavy atom. The Morgan fingerprint density at radius 1 is 1.18 bits per heavy atom. The van der Waals surface area contributed by atoms with Gasteiger partial charge in [0.2, 0.25) is 11.8 Å². The van der Waals surface area contributed by atoms with Crippen molar-refractivity contribution in [1.82, 2.24) is 9.97 Å². The summed E-state index contributed by atoms with van der Waals surface area (Å²) in [5.74, 6) is 0.452. The average Bonchev–Trinajstić information content (AvgIpc) is 2.27. The van der Waals surface area contributed by atoms with Gasteiger partial charge in [-0.1, -0.05) is 0 Å². The monoisotopic (exact) mass is 242 g/mol. The SMILES string of the molecule is COc1cc(OC)nc(OC(=O)OC(C)C)n1. The van der Waals surface area contributed by atoms with Crippen LogP contribution >= 0.6 is 0 Å². The molecule has 1 aromatic rings. The lowest BCUT2D eigenvalue weighted by molar-refractivity contribution is 0.0697. The Morgan fingerprint density at radius 3 is 2.12 bits per heavy atom. The van der Waals surface area contributed by atoms with E-state index in [0.717, 1.165) is 0 Å². The highest BCUT2D eigenvalue weighted by Crippen LogP contribution is 2.18. The van der Waals surface area contributed by atoms with Gasteiger partial charge in [0.25, 0.3) is 0 Å². The van der Waals surface area contributed by atoms with Gasteiger partial charge in [0.05, 0.1) is 26.4 Å². The molecular weight excluding hydrogens is 228 g/mol. The Kier molecular flexibility index (Phi) is 4.50. The first-order chi connectivity index (χ1) is 8.05. The van der Waals surface area contributed by atoms with Gasteiger partial charge in [-0.25, -0.2) is 4.79 Å². The number of ether oxygens (including phenoxy) is 4. The van der Waals surface area contributed by atoms with E-state index in [1.807, 2.05) is 0 Å². The van der Waals surface area contributed by atoms with E-state index in [4.69, 9.17) is 18.9 Å². The second-order valence-electron chi connectivity index (χ2n) is 3.25. The van der Waals surface area contributed by atoms with Crippen molar-refractivity contribution in [3.63, 3.8) is 0 Å². The van der Waals surface area contributed by atoms with Crippen LogP contribution in [-0.4, -0.2) is 36.4 Å². The largest absolute Gasteiger partial charge is 0.516 e. The molecule has 0 spiro atoms. The van der Waals surface area contributed by atoms with E-state index in [1.165, 1.54) is 20.3 Å². The molecule has 1 aromatic heterocycles. The van der Waals surface area contributed by atoms with Crippen LogP contribution in [0.1, 0.15) is 13.8 Å². The van der Waals surface area contributed by atoms with E-state index in [1.54, 1.807) is 13.8 Å². The third kappa shape index (κ3) is 4.13. The van der Waals surface area contributed by atoms with Gasteiger partial charge in [-0.3, -0.25) is 0 Å². The fourth-order valence-electron chi connectivity index (χ4n) is 0.930. The lowest BCUT2D eigenvalue weighted by atomic mass is 10.5. The van der Waals surface area contributed by atoms with Crippen LogP contribution in [0.3, 0.4) is 0 Å². The van der Waals surface area contributed by atoms with Gasteiger partial charge in [0.15, 0.2) is 0 Å². The molecule has 94 valence electrons. The highest BCUT2D eigenvalue weighted by atomic mass is 16.7. The number of nitrogens with zero attached hydrogens (tertiary/aromatic N) is 2. The van der Waals surface area contributed by atoms with Gasteiger partial charge >= 0.3 is 12.2 Å². The minimum atomic E-state index is -0.879. The molecule has 17 heavy (non-hydrogen) atoms. The number of aromatic nitrogens is 2. The number of hydrogen-bond acceptors (Lipinski definition) is 7. The Hall–Kier alpha value is -2.05. The minimum Gasteiger partial charge on any atom is -0.481 e. The first-order valence-electron chi connectivity index (χ1n) is 4.90. The van der Waals surface area contributed by atoms with Crippen molar-refractivity contribution in [1.29, 1.82) is 0 Å². The molecule has 0 bridgehead atoms. The number of hydrogen-bond donors (Lipinski definition) is 0. The van der Waals surface area contributed by atoms with Crippen molar-refractivity contribution in [3.05, 3.63) is 6.07 Å². The van der Waals surface area contributed by atoms with Gasteiger partial charge in [-0.15, -0.1) is 0 Å². The molecule has 0 aliphatic heterocycles. The number of methoxy groups -OCH3 is 2. The molecule has 0 aliphatic carbocycles. The second-order valence-corrected chi connectivity index (χ2v) is 3.25. The fraction of sp³-hybridized carbons (Fsp3) is 0.500. The normalized spacial score (nSPS) is 9.94. The molecule has 0 radical (unpaired) electrons. The minimum absolute atomic E-state index is 0.188. The molecular formula is C10H14N2O5. The standard InChI is InChI=1S/C10H14N2O5/c1-6(2)16-10(13)17-9-11-7(14-3)5-8(12-9)15-4/h5-6H,1-4H3. The number of rotatable bonds is 4. The van der Waals surface area contributed by atoms with Crippen molar-refractivity contribution >= 4 is 6.16 Å². The van der Waals surface area contributed by atoms with Crippen molar-refractivity contribution in [2.75, 3.05) is 14.2 Å². The number of carbonyl (C=O) groups is 1. The predicted molar refractivity (Wildman–Crippen MR) is 57.4 cm³/mol. The van der Waals surface area contributed by atoms with E-state index < -0.39 is 6.16 Å². The Labute approximate surface area is 98.7 Å². The van der Waals surface area contributed by atoms with Gasteiger partial charge in [0.1, 0.15) is 0 Å². The lowest BCUT2D eigenvalue weighted by Gasteiger charge is -2.08. The molecule has 0 N–H and O–H groups in total. The van der Waals surface area contributed by atoms with E-state index in [-0.39, 0.29) is 23.9 Å². The maximum atomic E-state index is 11.2. The molecule has 1 rings (SSSR count). The molecule has 0 saturated heterocycles. The summed E-state index contributed by atoms with van der Waals surface area (Å²) >= 11 is 0. The molecule has 0 unspecified atom stereocenters. The summed E-state index contributed by atoms with van der Waals surface area (Å²) in [5, 5.41) is 0. The highest BCUT2D eigenvalue weighted by Gasteiger charge is 2.13. The van der Waals surface area contributed by atoms with E-state index in [2.05, 4.69) is 9.97 Å². The van der Waals surface area contributed by atoms with Gasteiger partial charge in [-0.2, -0.15) is 9.97 Å². The first kappa shape index (κ1) is 13.0. The van der Waals surface area contributed by atoms with Crippen LogP contribution in [0.15, 0.2) is 6.07 Å². The summed E-state index contributed by atoms with van der Waals surface area (Å²) in [7, 11) is 2.86. The molecule has 0 saturated carbocycles. The summed E-state index contributed by atoms with van der Waals surface area (Å²) in [6, 6.07) is 1.27. The maximum absolute atomic E-state index is 11.2. The van der Waals surface area contributed by atoms with Crippen molar-refractivity contribution in [2.45, 2.75) is 20.0 Å². The summed E-state index contributed by atoms with van der Waals surface area (Å²) < 4.78 is 19.3. The quantitative estimate of drug-likeness (QED) is 0.738. The van der Waals surface area contributed by atoms with E-state index >= 15 is 0 Å². The van der Waals surface area contributed by atoms with Crippen molar-refractivity contribution in [3.8, 4) is 17.8 Å². The smallest absolute Gasteiger partial charge is 0.481 e. The topological polar surface area (TPSA) is 79.8 Å². The van der Waals surface area contributed by atoms with Gasteiger partial charge in [0, 0.05) is 0 Å². The maximum Gasteiger partial charge on any atom is 0.516 e. The van der Waals surface area contributed by atoms with E-state index in [0.29, 0.717) is 0 Å². The van der Waals surface area contributed by atoms with Gasteiger partial charge in [-0.05, 0) is 13.8 Å². The molecule has 7 heteroatoms. The summed E-state index contributed by atoms with van der Waals surface area (Å²) in [4.78, 5) is 18.8. The molecule has 0 amide bonds. The van der Waals surface area contributed by atoms with Crippen LogP contribution in [0.5, 0.6) is 17.8 Å². The number of carbonyl (C=O) groups excluding carboxylic acids is 1. The summed E-state index contributed by atoms with van der Waals surface area (Å²) in [5.41, 5.74) is 0. The van der Waals surface area contributed by atoms with Crippen LogP contribution in [0.25, 0.3) is 0 Å². The zero-order chi connectivity index (χ0) is 12.8. The Balaban J connectivity index is 2.79. The highest BCUT2D eigenvalue weighted by molar-refractivity contribution is 5.62. The molecule has 7 nitrogen and oxygen atoms in total. The van der Waals surface area contributed by atoms with Crippen LogP contribution in [0.4, 0.5) is 4.79 Å². The molecule has 0 fully saturated rings. The summed E-state index contributed by atoms with van der Waals surface area (Å²) in [6.07, 6.45) is -1.16. The zero-order valence-electron chi connectivity index (χ0n) is 10.1. The van der Waals surface area contributed by atoms with Crippen LogP contribution in [0, 0.1) is 0 Å². The fourth-order valence-corrected chi connectivity index (χ4v) is 0.930. The van der Waals surface area contributed by atoms with Crippen molar-refractivity contribution in [2.24, 2.45) is 0 Å². The lowest BCUT2D eigenvalue weighted by Crippen LogP contribution is -2.17. The van der Waals surface area contributed by atoms with Crippen LogP contribution in [-0.2, 0) is 4.74 Å². The first-order valence-corrected chi connectivity index (χ1v) is 4.90. The average molecular weight is 242 g/mol.